The molecule has 3 rings (SSSR count). The lowest BCUT2D eigenvalue weighted by Crippen LogP contribution is -2.12. The predicted octanol–water partition coefficient (Wildman–Crippen LogP) is 6.21. The Morgan fingerprint density at radius 2 is 1.79 bits per heavy atom. The van der Waals surface area contributed by atoms with Crippen LogP contribution in [0.1, 0.15) is 28.4 Å². The van der Waals surface area contributed by atoms with Crippen molar-refractivity contribution in [2.75, 3.05) is 11.9 Å². The number of thiophene rings is 1. The van der Waals surface area contributed by atoms with E-state index >= 15 is 0 Å². The smallest absolute Gasteiger partial charge is 0.341 e. The third kappa shape index (κ3) is 5.34. The zero-order valence-corrected chi connectivity index (χ0v) is 17.6. The van der Waals surface area contributed by atoms with Crippen LogP contribution in [0.25, 0.3) is 17.2 Å². The quantitative estimate of drug-likeness (QED) is 0.377. The van der Waals surface area contributed by atoms with Crippen molar-refractivity contribution in [2.24, 2.45) is 0 Å². The number of carbonyl (C=O) groups is 2. The summed E-state index contributed by atoms with van der Waals surface area (Å²) in [6.07, 6.45) is 3.17. The van der Waals surface area contributed by atoms with Crippen molar-refractivity contribution in [2.45, 2.75) is 13.8 Å². The third-order valence-electron chi connectivity index (χ3n) is 4.17. The number of anilines is 1. The Kier molecular flexibility index (Phi) is 6.86. The Morgan fingerprint density at radius 1 is 1.10 bits per heavy atom. The molecule has 1 aromatic heterocycles. The summed E-state index contributed by atoms with van der Waals surface area (Å²) in [6, 6.07) is 15.0. The van der Waals surface area contributed by atoms with Gasteiger partial charge in [-0.05, 0) is 43.2 Å². The van der Waals surface area contributed by atoms with Gasteiger partial charge in [0, 0.05) is 22.0 Å². The number of hydrogen-bond acceptors (Lipinski definition) is 4. The minimum Gasteiger partial charge on any atom is -0.462 e. The number of benzene rings is 2. The van der Waals surface area contributed by atoms with Gasteiger partial charge in [0.1, 0.15) is 10.6 Å². The normalized spacial score (nSPS) is 10.9. The first-order valence-electron chi connectivity index (χ1n) is 9.08. The predicted molar refractivity (Wildman–Crippen MR) is 120 cm³/mol. The van der Waals surface area contributed by atoms with Gasteiger partial charge in [-0.2, -0.15) is 0 Å². The maximum atomic E-state index is 12.6. The van der Waals surface area contributed by atoms with Crippen LogP contribution in [0, 0.1) is 6.92 Å². The van der Waals surface area contributed by atoms with Crippen LogP contribution >= 0.6 is 22.9 Å². The van der Waals surface area contributed by atoms with E-state index in [2.05, 4.69) is 5.32 Å². The van der Waals surface area contributed by atoms with Crippen LogP contribution in [-0.4, -0.2) is 18.5 Å². The number of ether oxygens (including phenoxy) is 1. The Balaban J connectivity index is 1.86. The van der Waals surface area contributed by atoms with Crippen LogP contribution in [0.3, 0.4) is 0 Å². The summed E-state index contributed by atoms with van der Waals surface area (Å²) in [7, 11) is 0. The SMILES string of the molecule is CCOC(=O)c1c(-c2ccc(Cl)cc2)csc1NC(=O)C=Cc1ccc(C)cc1. The van der Waals surface area contributed by atoms with Gasteiger partial charge >= 0.3 is 5.97 Å². The number of nitrogens with one attached hydrogen (secondary N) is 1. The lowest BCUT2D eigenvalue weighted by atomic mass is 10.0. The lowest BCUT2D eigenvalue weighted by Gasteiger charge is -2.08. The van der Waals surface area contributed by atoms with Crippen molar-refractivity contribution in [1.29, 1.82) is 0 Å². The number of carbonyl (C=O) groups excluding carboxylic acids is 2. The molecule has 148 valence electrons. The molecular formula is C23H20ClNO3S. The van der Waals surface area contributed by atoms with E-state index in [1.165, 1.54) is 17.4 Å². The van der Waals surface area contributed by atoms with Gasteiger partial charge in [0.25, 0.3) is 0 Å². The Bertz CT molecular complexity index is 1040. The van der Waals surface area contributed by atoms with Crippen molar-refractivity contribution in [3.8, 4) is 11.1 Å². The summed E-state index contributed by atoms with van der Waals surface area (Å²) >= 11 is 7.25. The first-order chi connectivity index (χ1) is 14.0. The number of aryl methyl sites for hydroxylation is 1. The van der Waals surface area contributed by atoms with Gasteiger partial charge in [-0.3, -0.25) is 4.79 Å². The van der Waals surface area contributed by atoms with E-state index in [-0.39, 0.29) is 12.5 Å². The van der Waals surface area contributed by atoms with Gasteiger partial charge in [-0.1, -0.05) is 53.6 Å². The Hall–Kier alpha value is -2.89. The van der Waals surface area contributed by atoms with Crippen molar-refractivity contribution in [3.05, 3.63) is 81.7 Å². The fraction of sp³-hybridized carbons (Fsp3) is 0.130. The highest BCUT2D eigenvalue weighted by Crippen LogP contribution is 2.36. The molecule has 0 fully saturated rings. The van der Waals surface area contributed by atoms with Gasteiger partial charge in [0.15, 0.2) is 0 Å². The number of esters is 1. The molecule has 0 atom stereocenters. The van der Waals surface area contributed by atoms with Crippen LogP contribution in [0.15, 0.2) is 60.0 Å². The molecule has 4 nitrogen and oxygen atoms in total. The van der Waals surface area contributed by atoms with E-state index in [1.807, 2.05) is 48.7 Å². The average Bonchev–Trinajstić information content (AvgIpc) is 3.12. The number of halogens is 1. The van der Waals surface area contributed by atoms with E-state index in [9.17, 15) is 9.59 Å². The highest BCUT2D eigenvalue weighted by Gasteiger charge is 2.22. The second-order valence-corrected chi connectivity index (χ2v) is 7.63. The molecule has 1 heterocycles. The van der Waals surface area contributed by atoms with Crippen LogP contribution in [0.5, 0.6) is 0 Å². The molecule has 3 aromatic rings. The van der Waals surface area contributed by atoms with Gasteiger partial charge < -0.3 is 10.1 Å². The second-order valence-electron chi connectivity index (χ2n) is 6.31. The van der Waals surface area contributed by atoms with Crippen LogP contribution in [-0.2, 0) is 9.53 Å². The standard InChI is InChI=1S/C23H20ClNO3S/c1-3-28-23(27)21-19(17-9-11-18(24)12-10-17)14-29-22(21)25-20(26)13-8-16-6-4-15(2)5-7-16/h4-14H,3H2,1-2H3,(H,25,26). The maximum absolute atomic E-state index is 12.6. The molecule has 29 heavy (non-hydrogen) atoms. The average molecular weight is 426 g/mol. The Labute approximate surface area is 178 Å². The van der Waals surface area contributed by atoms with E-state index < -0.39 is 5.97 Å². The largest absolute Gasteiger partial charge is 0.462 e. The van der Waals surface area contributed by atoms with Gasteiger partial charge in [-0.15, -0.1) is 11.3 Å². The van der Waals surface area contributed by atoms with Gasteiger partial charge in [0.2, 0.25) is 5.91 Å². The van der Waals surface area contributed by atoms with Crippen molar-refractivity contribution < 1.29 is 14.3 Å². The summed E-state index contributed by atoms with van der Waals surface area (Å²) in [5, 5.41) is 5.69. The number of rotatable bonds is 6. The maximum Gasteiger partial charge on any atom is 0.341 e. The molecule has 0 spiro atoms. The van der Waals surface area contributed by atoms with Gasteiger partial charge in [0.05, 0.1) is 6.61 Å². The van der Waals surface area contributed by atoms with Crippen LogP contribution in [0.4, 0.5) is 5.00 Å². The van der Waals surface area contributed by atoms with E-state index in [1.54, 1.807) is 25.1 Å². The molecule has 0 aliphatic heterocycles. The number of hydrogen-bond donors (Lipinski definition) is 1. The van der Waals surface area contributed by atoms with E-state index in [4.69, 9.17) is 16.3 Å². The minimum atomic E-state index is -0.475. The third-order valence-corrected chi connectivity index (χ3v) is 5.31. The highest BCUT2D eigenvalue weighted by molar-refractivity contribution is 7.15. The van der Waals surface area contributed by atoms with Crippen LogP contribution < -0.4 is 5.32 Å². The molecular weight excluding hydrogens is 406 g/mol. The van der Waals surface area contributed by atoms with Gasteiger partial charge in [-0.25, -0.2) is 4.79 Å². The summed E-state index contributed by atoms with van der Waals surface area (Å²) in [4.78, 5) is 25.0. The van der Waals surface area contributed by atoms with Crippen molar-refractivity contribution >= 4 is 45.9 Å². The summed E-state index contributed by atoms with van der Waals surface area (Å²) in [6.45, 7) is 4.00. The topological polar surface area (TPSA) is 55.4 Å². The molecule has 2 aromatic carbocycles. The summed E-state index contributed by atoms with van der Waals surface area (Å²) in [5.74, 6) is -0.794. The van der Waals surface area contributed by atoms with E-state index in [0.29, 0.717) is 21.2 Å². The summed E-state index contributed by atoms with van der Waals surface area (Å²) < 4.78 is 5.21. The fourth-order valence-electron chi connectivity index (χ4n) is 2.70. The second kappa shape index (κ2) is 9.54. The van der Waals surface area contributed by atoms with Crippen LogP contribution in [0.2, 0.25) is 5.02 Å². The lowest BCUT2D eigenvalue weighted by molar-refractivity contribution is -0.111. The zero-order valence-electron chi connectivity index (χ0n) is 16.1. The van der Waals surface area contributed by atoms with Crippen molar-refractivity contribution in [1.82, 2.24) is 0 Å². The summed E-state index contributed by atoms with van der Waals surface area (Å²) in [5.41, 5.74) is 3.94. The Morgan fingerprint density at radius 3 is 2.45 bits per heavy atom. The molecule has 0 unspecified atom stereocenters. The molecule has 0 saturated heterocycles. The fourth-order valence-corrected chi connectivity index (χ4v) is 3.79. The molecule has 0 radical (unpaired) electrons. The molecule has 6 heteroatoms. The molecule has 1 amide bonds. The highest BCUT2D eigenvalue weighted by atomic mass is 35.5. The first-order valence-corrected chi connectivity index (χ1v) is 10.3. The molecule has 0 bridgehead atoms. The minimum absolute atomic E-state index is 0.245. The van der Waals surface area contributed by atoms with E-state index in [0.717, 1.165) is 16.7 Å². The number of amides is 1. The molecule has 0 aliphatic rings. The first kappa shape index (κ1) is 20.8. The van der Waals surface area contributed by atoms with Crippen molar-refractivity contribution in [3.63, 3.8) is 0 Å². The molecule has 0 aliphatic carbocycles. The molecule has 1 N–H and O–H groups in total. The zero-order chi connectivity index (χ0) is 20.8. The monoisotopic (exact) mass is 425 g/mol. The molecule has 0 saturated carbocycles.